The van der Waals surface area contributed by atoms with Crippen LogP contribution < -0.4 is 5.73 Å². The van der Waals surface area contributed by atoms with E-state index in [1.54, 1.807) is 0 Å². The van der Waals surface area contributed by atoms with Crippen LogP contribution in [0.5, 0.6) is 11.5 Å². The van der Waals surface area contributed by atoms with Crippen molar-refractivity contribution in [3.05, 3.63) is 23.8 Å². The van der Waals surface area contributed by atoms with Gasteiger partial charge in [-0.1, -0.05) is 0 Å². The summed E-state index contributed by atoms with van der Waals surface area (Å²) in [7, 11) is 0. The molecule has 1 rings (SSSR count). The number of phenolic OH excluding ortho intramolecular Hbond substituents is 2. The van der Waals surface area contributed by atoms with Crippen molar-refractivity contribution in [3.8, 4) is 11.5 Å². The van der Waals surface area contributed by atoms with Crippen molar-refractivity contribution in [2.24, 2.45) is 5.73 Å². The average Bonchev–Trinajstić information content (AvgIpc) is 2.13. The van der Waals surface area contributed by atoms with Crippen LogP contribution in [0.3, 0.4) is 0 Å². The monoisotopic (exact) mass is 293 g/mol. The van der Waals surface area contributed by atoms with Crippen molar-refractivity contribution in [3.63, 3.8) is 0 Å². The van der Waals surface area contributed by atoms with Gasteiger partial charge >= 0.3 is 12.1 Å². The summed E-state index contributed by atoms with van der Waals surface area (Å²) in [5, 5.41) is 17.9. The zero-order chi connectivity index (χ0) is 13.4. The van der Waals surface area contributed by atoms with Crippen molar-refractivity contribution in [2.75, 3.05) is 0 Å². The summed E-state index contributed by atoms with van der Waals surface area (Å²) >= 11 is 0. The highest BCUT2D eigenvalue weighted by Gasteiger charge is 2.61. The third kappa shape index (κ3) is 3.14. The highest BCUT2D eigenvalue weighted by atomic mass is 35.5. The Morgan fingerprint density at radius 2 is 1.33 bits per heavy atom. The minimum absolute atomic E-state index is 0. The Bertz CT molecular complexity index is 404. The molecule has 3 nitrogen and oxygen atoms in total. The van der Waals surface area contributed by atoms with E-state index in [1.165, 1.54) is 0 Å². The number of rotatable bonds is 2. The van der Waals surface area contributed by atoms with E-state index >= 15 is 0 Å². The van der Waals surface area contributed by atoms with Crippen molar-refractivity contribution in [1.82, 2.24) is 0 Å². The smallest absolute Gasteiger partial charge is 0.455 e. The third-order valence-corrected chi connectivity index (χ3v) is 2.05. The molecule has 4 N–H and O–H groups in total. The van der Waals surface area contributed by atoms with Gasteiger partial charge in [-0.15, -0.1) is 12.4 Å². The molecular formula is C9H9ClF5NO2. The average molecular weight is 294 g/mol. The Balaban J connectivity index is 0.00000289. The SMILES string of the molecule is Cl.N[C@H](c1cc(O)cc(O)c1)C(F)(F)C(F)(F)F. The van der Waals surface area contributed by atoms with Gasteiger partial charge in [-0.25, -0.2) is 0 Å². The molecule has 0 heterocycles. The predicted molar refractivity (Wildman–Crippen MR) is 55.0 cm³/mol. The Morgan fingerprint density at radius 1 is 0.944 bits per heavy atom. The molecule has 1 aromatic carbocycles. The number of phenols is 2. The van der Waals surface area contributed by atoms with E-state index in [2.05, 4.69) is 0 Å². The first-order chi connectivity index (χ1) is 7.55. The summed E-state index contributed by atoms with van der Waals surface area (Å²) in [6.07, 6.45) is -5.81. The molecule has 0 spiro atoms. The fourth-order valence-corrected chi connectivity index (χ4v) is 1.18. The zero-order valence-electron chi connectivity index (χ0n) is 8.58. The van der Waals surface area contributed by atoms with E-state index in [1.807, 2.05) is 0 Å². The highest BCUT2D eigenvalue weighted by Crippen LogP contribution is 2.44. The van der Waals surface area contributed by atoms with E-state index in [0.717, 1.165) is 6.07 Å². The number of benzene rings is 1. The van der Waals surface area contributed by atoms with Crippen LogP contribution in [0.1, 0.15) is 11.6 Å². The van der Waals surface area contributed by atoms with E-state index < -0.39 is 35.2 Å². The second kappa shape index (κ2) is 5.15. The summed E-state index contributed by atoms with van der Waals surface area (Å²) in [6.45, 7) is 0. The second-order valence-corrected chi connectivity index (χ2v) is 3.38. The molecule has 0 saturated carbocycles. The van der Waals surface area contributed by atoms with Gasteiger partial charge in [0.15, 0.2) is 0 Å². The molecule has 0 fully saturated rings. The first-order valence-electron chi connectivity index (χ1n) is 4.28. The standard InChI is InChI=1S/C9H8F5NO2.ClH/c10-8(11,9(12,13)14)7(15)4-1-5(16)3-6(17)2-4;/h1-3,7,16-17H,15H2;1H/t7-;/m1./s1. The van der Waals surface area contributed by atoms with Crippen molar-refractivity contribution >= 4 is 12.4 Å². The first kappa shape index (κ1) is 16.7. The molecule has 9 heteroatoms. The lowest BCUT2D eigenvalue weighted by Crippen LogP contribution is -2.45. The van der Waals surface area contributed by atoms with Gasteiger partial charge in [-0.2, -0.15) is 22.0 Å². The molecule has 0 aliphatic rings. The maximum absolute atomic E-state index is 12.9. The summed E-state index contributed by atoms with van der Waals surface area (Å²) < 4.78 is 61.8. The van der Waals surface area contributed by atoms with Crippen molar-refractivity contribution in [2.45, 2.75) is 18.1 Å². The molecule has 1 aromatic rings. The largest absolute Gasteiger partial charge is 0.508 e. The summed E-state index contributed by atoms with van der Waals surface area (Å²) in [5.41, 5.74) is 4.09. The van der Waals surface area contributed by atoms with Crippen molar-refractivity contribution < 1.29 is 32.2 Å². The van der Waals surface area contributed by atoms with Crippen LogP contribution in [-0.4, -0.2) is 22.3 Å². The van der Waals surface area contributed by atoms with Crippen LogP contribution in [0, 0.1) is 0 Å². The lowest BCUT2D eigenvalue weighted by molar-refractivity contribution is -0.291. The van der Waals surface area contributed by atoms with Gasteiger partial charge in [0.25, 0.3) is 0 Å². The Kier molecular flexibility index (Phi) is 4.78. The number of hydrogen-bond donors (Lipinski definition) is 3. The first-order valence-corrected chi connectivity index (χ1v) is 4.28. The van der Waals surface area contributed by atoms with Crippen LogP contribution in [0.2, 0.25) is 0 Å². The normalized spacial score (nSPS) is 13.9. The van der Waals surface area contributed by atoms with Gasteiger partial charge < -0.3 is 15.9 Å². The summed E-state index contributed by atoms with van der Waals surface area (Å²) in [6, 6.07) is -0.670. The molecule has 0 aliphatic carbocycles. The summed E-state index contributed by atoms with van der Waals surface area (Å²) in [5.74, 6) is -6.48. The van der Waals surface area contributed by atoms with Gasteiger partial charge in [0.05, 0.1) is 0 Å². The van der Waals surface area contributed by atoms with Gasteiger partial charge in [0.1, 0.15) is 17.5 Å². The zero-order valence-corrected chi connectivity index (χ0v) is 9.40. The Hall–Kier alpha value is -1.28. The van der Waals surface area contributed by atoms with Gasteiger partial charge in [-0.05, 0) is 17.7 Å². The number of alkyl halides is 5. The van der Waals surface area contributed by atoms with Gasteiger partial charge in [0.2, 0.25) is 0 Å². The van der Waals surface area contributed by atoms with E-state index in [0.29, 0.717) is 12.1 Å². The lowest BCUT2D eigenvalue weighted by atomic mass is 10.0. The quantitative estimate of drug-likeness (QED) is 0.735. The highest BCUT2D eigenvalue weighted by molar-refractivity contribution is 5.85. The Labute approximate surface area is 104 Å². The van der Waals surface area contributed by atoms with E-state index in [9.17, 15) is 22.0 Å². The number of halogens is 6. The van der Waals surface area contributed by atoms with Crippen molar-refractivity contribution in [1.29, 1.82) is 0 Å². The Morgan fingerprint density at radius 3 is 1.67 bits per heavy atom. The molecule has 18 heavy (non-hydrogen) atoms. The molecule has 0 aliphatic heterocycles. The van der Waals surface area contributed by atoms with E-state index in [-0.39, 0.29) is 12.4 Å². The second-order valence-electron chi connectivity index (χ2n) is 3.38. The fourth-order valence-electron chi connectivity index (χ4n) is 1.18. The molecule has 0 bridgehead atoms. The van der Waals surface area contributed by atoms with Gasteiger partial charge in [-0.3, -0.25) is 0 Å². The third-order valence-electron chi connectivity index (χ3n) is 2.05. The molecule has 0 saturated heterocycles. The van der Waals surface area contributed by atoms with Crippen LogP contribution in [0.15, 0.2) is 18.2 Å². The minimum Gasteiger partial charge on any atom is -0.508 e. The summed E-state index contributed by atoms with van der Waals surface area (Å²) in [4.78, 5) is 0. The fraction of sp³-hybridized carbons (Fsp3) is 0.333. The molecular weight excluding hydrogens is 285 g/mol. The molecule has 104 valence electrons. The van der Waals surface area contributed by atoms with Crippen LogP contribution >= 0.6 is 12.4 Å². The maximum Gasteiger partial charge on any atom is 0.455 e. The van der Waals surface area contributed by atoms with Crippen LogP contribution in [0.4, 0.5) is 22.0 Å². The topological polar surface area (TPSA) is 66.5 Å². The number of nitrogens with two attached hydrogens (primary N) is 1. The van der Waals surface area contributed by atoms with E-state index in [4.69, 9.17) is 15.9 Å². The van der Waals surface area contributed by atoms with Gasteiger partial charge in [0, 0.05) is 6.07 Å². The minimum atomic E-state index is -5.81. The lowest BCUT2D eigenvalue weighted by Gasteiger charge is -2.26. The maximum atomic E-state index is 12.9. The predicted octanol–water partition coefficient (Wildman–Crippen LogP) is 2.72. The molecule has 0 amide bonds. The molecule has 1 atom stereocenters. The molecule has 0 unspecified atom stereocenters. The molecule has 0 radical (unpaired) electrons. The number of hydrogen-bond acceptors (Lipinski definition) is 3. The molecule has 0 aromatic heterocycles. The van der Waals surface area contributed by atoms with Crippen LogP contribution in [0.25, 0.3) is 0 Å². The number of aromatic hydroxyl groups is 2. The van der Waals surface area contributed by atoms with Crippen LogP contribution in [-0.2, 0) is 0 Å².